The Labute approximate surface area is 221 Å². The zero-order valence-electron chi connectivity index (χ0n) is 21.3. The van der Waals surface area contributed by atoms with E-state index in [1.807, 2.05) is 38.4 Å². The van der Waals surface area contributed by atoms with Crippen LogP contribution in [0.1, 0.15) is 27.0 Å². The van der Waals surface area contributed by atoms with Gasteiger partial charge in [0, 0.05) is 36.3 Å². The van der Waals surface area contributed by atoms with E-state index in [-0.39, 0.29) is 24.1 Å². The molecule has 1 amide bonds. The number of carbonyl (C=O) groups is 1. The van der Waals surface area contributed by atoms with Gasteiger partial charge in [0.25, 0.3) is 5.91 Å². The maximum absolute atomic E-state index is 13.7. The van der Waals surface area contributed by atoms with Crippen LogP contribution in [0.3, 0.4) is 0 Å². The van der Waals surface area contributed by atoms with Crippen LogP contribution in [0.2, 0.25) is 0 Å². The number of halogens is 2. The van der Waals surface area contributed by atoms with E-state index in [1.54, 1.807) is 36.4 Å². The lowest BCUT2D eigenvalue weighted by atomic mass is 10.00. The fourth-order valence-electron chi connectivity index (χ4n) is 4.46. The number of fused-ring (bicyclic) bond motifs is 2. The first-order valence-electron chi connectivity index (χ1n) is 12.4. The van der Waals surface area contributed by atoms with E-state index in [4.69, 9.17) is 4.99 Å². The number of carbonyl (C=O) groups excluding carboxylic acids is 1. The van der Waals surface area contributed by atoms with Gasteiger partial charge in [-0.05, 0) is 80.3 Å². The van der Waals surface area contributed by atoms with Gasteiger partial charge in [-0.3, -0.25) is 4.79 Å². The van der Waals surface area contributed by atoms with Crippen molar-refractivity contribution < 1.29 is 13.6 Å². The van der Waals surface area contributed by atoms with Crippen molar-refractivity contribution in [3.05, 3.63) is 125 Å². The zero-order valence-corrected chi connectivity index (χ0v) is 21.3. The summed E-state index contributed by atoms with van der Waals surface area (Å²) < 4.78 is 27.0. The van der Waals surface area contributed by atoms with Crippen LogP contribution in [0.15, 0.2) is 96.0 Å². The largest absolute Gasteiger partial charge is 0.348 e. The molecule has 1 heterocycles. The van der Waals surface area contributed by atoms with Crippen molar-refractivity contribution in [2.75, 3.05) is 32.1 Å². The summed E-state index contributed by atoms with van der Waals surface area (Å²) in [5, 5.41) is 2.90. The summed E-state index contributed by atoms with van der Waals surface area (Å²) in [5.41, 5.74) is 6.20. The molecule has 0 bridgehead atoms. The van der Waals surface area contributed by atoms with Crippen molar-refractivity contribution in [1.29, 1.82) is 0 Å². The molecule has 1 aliphatic heterocycles. The zero-order chi connectivity index (χ0) is 26.6. The molecule has 0 spiro atoms. The Morgan fingerprint density at radius 3 is 2.26 bits per heavy atom. The maximum Gasteiger partial charge on any atom is 0.251 e. The Balaban J connectivity index is 1.56. The molecular weight excluding hydrogens is 482 g/mol. The SMILES string of the molecule is CN(C)CCN1c2ccc(C(=O)NCc3ccc(F)cc3)cc2N=C(c2ccc(F)cc2)c2ccccc21. The molecule has 38 heavy (non-hydrogen) atoms. The van der Waals surface area contributed by atoms with Crippen LogP contribution in [-0.4, -0.2) is 43.7 Å². The predicted octanol–water partition coefficient (Wildman–Crippen LogP) is 6.08. The van der Waals surface area contributed by atoms with Gasteiger partial charge in [-0.15, -0.1) is 0 Å². The third-order valence-corrected chi connectivity index (χ3v) is 6.47. The van der Waals surface area contributed by atoms with Crippen LogP contribution in [0.25, 0.3) is 0 Å². The monoisotopic (exact) mass is 510 g/mol. The highest BCUT2D eigenvalue weighted by Gasteiger charge is 2.25. The van der Waals surface area contributed by atoms with Gasteiger partial charge in [0.05, 0.1) is 22.8 Å². The van der Waals surface area contributed by atoms with Crippen molar-refractivity contribution in [2.45, 2.75) is 6.54 Å². The molecule has 0 unspecified atom stereocenters. The van der Waals surface area contributed by atoms with Crippen molar-refractivity contribution in [2.24, 2.45) is 4.99 Å². The van der Waals surface area contributed by atoms with E-state index in [0.29, 0.717) is 23.5 Å². The number of hydrogen-bond donors (Lipinski definition) is 1. The number of nitrogens with zero attached hydrogens (tertiary/aromatic N) is 3. The van der Waals surface area contributed by atoms with Gasteiger partial charge in [-0.1, -0.05) is 30.3 Å². The van der Waals surface area contributed by atoms with Crippen molar-refractivity contribution in [3.63, 3.8) is 0 Å². The van der Waals surface area contributed by atoms with E-state index in [1.165, 1.54) is 24.3 Å². The van der Waals surface area contributed by atoms with Crippen LogP contribution in [0.5, 0.6) is 0 Å². The first-order chi connectivity index (χ1) is 18.4. The molecular formula is C31H28F2N4O. The lowest BCUT2D eigenvalue weighted by Gasteiger charge is -2.28. The molecule has 1 aliphatic rings. The molecule has 7 heteroatoms. The van der Waals surface area contributed by atoms with Crippen molar-refractivity contribution >= 4 is 28.7 Å². The van der Waals surface area contributed by atoms with Gasteiger partial charge < -0.3 is 15.1 Å². The number of benzene rings is 4. The lowest BCUT2D eigenvalue weighted by molar-refractivity contribution is 0.0951. The average Bonchev–Trinajstić information content (AvgIpc) is 3.06. The number of anilines is 2. The third kappa shape index (κ3) is 5.48. The highest BCUT2D eigenvalue weighted by Crippen LogP contribution is 2.41. The Kier molecular flexibility index (Phi) is 7.29. The second-order valence-corrected chi connectivity index (χ2v) is 9.45. The van der Waals surface area contributed by atoms with E-state index >= 15 is 0 Å². The molecule has 5 rings (SSSR count). The average molecular weight is 511 g/mol. The minimum absolute atomic E-state index is 0.253. The van der Waals surface area contributed by atoms with Gasteiger partial charge in [-0.2, -0.15) is 0 Å². The summed E-state index contributed by atoms with van der Waals surface area (Å²) in [6.07, 6.45) is 0. The van der Waals surface area contributed by atoms with Crippen LogP contribution >= 0.6 is 0 Å². The predicted molar refractivity (Wildman–Crippen MR) is 148 cm³/mol. The first-order valence-corrected chi connectivity index (χ1v) is 12.4. The van der Waals surface area contributed by atoms with Crippen LogP contribution in [0, 0.1) is 11.6 Å². The van der Waals surface area contributed by atoms with E-state index in [0.717, 1.165) is 34.6 Å². The molecule has 4 aromatic rings. The van der Waals surface area contributed by atoms with Gasteiger partial charge in [0.1, 0.15) is 11.6 Å². The quantitative estimate of drug-likeness (QED) is 0.328. The Hall–Kier alpha value is -4.36. The molecule has 0 atom stereocenters. The minimum Gasteiger partial charge on any atom is -0.348 e. The molecule has 0 aromatic heterocycles. The Morgan fingerprint density at radius 1 is 0.868 bits per heavy atom. The smallest absolute Gasteiger partial charge is 0.251 e. The standard InChI is InChI=1S/C31H28F2N4O/c1-36(2)17-18-37-28-6-4-3-5-26(28)30(22-9-14-25(33)15-10-22)35-27-19-23(11-16-29(27)37)31(38)34-20-21-7-12-24(32)13-8-21/h3-16,19H,17-18,20H2,1-2H3,(H,34,38). The summed E-state index contributed by atoms with van der Waals surface area (Å²) >= 11 is 0. The van der Waals surface area contributed by atoms with Gasteiger partial charge >= 0.3 is 0 Å². The summed E-state index contributed by atoms with van der Waals surface area (Å²) in [4.78, 5) is 22.4. The van der Waals surface area contributed by atoms with E-state index in [9.17, 15) is 13.6 Å². The topological polar surface area (TPSA) is 47.9 Å². The minimum atomic E-state index is -0.319. The van der Waals surface area contributed by atoms with E-state index < -0.39 is 0 Å². The number of hydrogen-bond acceptors (Lipinski definition) is 4. The number of nitrogens with one attached hydrogen (secondary N) is 1. The normalized spacial score (nSPS) is 12.4. The number of likely N-dealkylation sites (N-methyl/N-ethyl adjacent to an activating group) is 1. The molecule has 0 saturated carbocycles. The maximum atomic E-state index is 13.7. The molecule has 192 valence electrons. The fourth-order valence-corrected chi connectivity index (χ4v) is 4.46. The second kappa shape index (κ2) is 10.9. The second-order valence-electron chi connectivity index (χ2n) is 9.45. The van der Waals surface area contributed by atoms with Crippen LogP contribution in [0.4, 0.5) is 25.8 Å². The number of para-hydroxylation sites is 1. The van der Waals surface area contributed by atoms with Crippen molar-refractivity contribution in [1.82, 2.24) is 10.2 Å². The highest BCUT2D eigenvalue weighted by atomic mass is 19.1. The van der Waals surface area contributed by atoms with Gasteiger partial charge in [0.15, 0.2) is 0 Å². The van der Waals surface area contributed by atoms with Crippen LogP contribution < -0.4 is 10.2 Å². The summed E-state index contributed by atoms with van der Waals surface area (Å²) in [7, 11) is 4.05. The van der Waals surface area contributed by atoms with Crippen molar-refractivity contribution in [3.8, 4) is 0 Å². The number of amides is 1. The molecule has 0 saturated heterocycles. The molecule has 4 aromatic carbocycles. The number of aliphatic imine (C=N–C) groups is 1. The summed E-state index contributed by atoms with van der Waals surface area (Å²) in [6.45, 7) is 1.79. The Bertz CT molecular complexity index is 1480. The lowest BCUT2D eigenvalue weighted by Crippen LogP contribution is -2.29. The summed E-state index contributed by atoms with van der Waals surface area (Å²) in [5.74, 6) is -0.887. The van der Waals surface area contributed by atoms with Gasteiger partial charge in [0.2, 0.25) is 0 Å². The Morgan fingerprint density at radius 2 is 1.55 bits per heavy atom. The molecule has 0 aliphatic carbocycles. The first kappa shape index (κ1) is 25.3. The molecule has 0 radical (unpaired) electrons. The third-order valence-electron chi connectivity index (χ3n) is 6.47. The van der Waals surface area contributed by atoms with Crippen LogP contribution in [-0.2, 0) is 6.54 Å². The number of rotatable bonds is 7. The summed E-state index contributed by atoms with van der Waals surface area (Å²) in [6, 6.07) is 25.9. The fraction of sp³-hybridized carbons (Fsp3) is 0.161. The molecule has 5 nitrogen and oxygen atoms in total. The van der Waals surface area contributed by atoms with E-state index in [2.05, 4.69) is 21.2 Å². The highest BCUT2D eigenvalue weighted by molar-refractivity contribution is 6.19. The van der Waals surface area contributed by atoms with Gasteiger partial charge in [-0.25, -0.2) is 13.8 Å². The molecule has 0 fully saturated rings. The molecule has 1 N–H and O–H groups in total.